The second-order valence-electron chi connectivity index (χ2n) is 4.97. The molecule has 0 bridgehead atoms. The lowest BCUT2D eigenvalue weighted by Gasteiger charge is -2.08. The SMILES string of the molecule is COC(=O)c1ccc2c(Br)nn(-c3ccc(C(F)(F)F)cc3)c2c1. The molecule has 0 radical (unpaired) electrons. The number of rotatable bonds is 2. The van der Waals surface area contributed by atoms with Crippen molar-refractivity contribution in [2.75, 3.05) is 7.11 Å². The van der Waals surface area contributed by atoms with Crippen LogP contribution in [0.5, 0.6) is 0 Å². The average molecular weight is 399 g/mol. The van der Waals surface area contributed by atoms with Crippen LogP contribution in [0, 0.1) is 0 Å². The van der Waals surface area contributed by atoms with Gasteiger partial charge in [-0.25, -0.2) is 9.48 Å². The fraction of sp³-hybridized carbons (Fsp3) is 0.125. The second kappa shape index (κ2) is 5.94. The Labute approximate surface area is 143 Å². The zero-order valence-corrected chi connectivity index (χ0v) is 13.9. The number of esters is 1. The lowest BCUT2D eigenvalue weighted by atomic mass is 10.1. The first-order valence-corrected chi connectivity index (χ1v) is 7.55. The van der Waals surface area contributed by atoms with Gasteiger partial charge in [0.25, 0.3) is 0 Å². The molecule has 0 saturated carbocycles. The predicted molar refractivity (Wildman–Crippen MR) is 85.1 cm³/mol. The van der Waals surface area contributed by atoms with Crippen LogP contribution in [0.2, 0.25) is 0 Å². The Morgan fingerprint density at radius 1 is 1.17 bits per heavy atom. The van der Waals surface area contributed by atoms with Gasteiger partial charge in [-0.2, -0.15) is 18.3 Å². The number of fused-ring (bicyclic) bond motifs is 1. The summed E-state index contributed by atoms with van der Waals surface area (Å²) < 4.78 is 44.7. The predicted octanol–water partition coefficient (Wildman–Crippen LogP) is 4.59. The lowest BCUT2D eigenvalue weighted by Crippen LogP contribution is -2.05. The van der Waals surface area contributed by atoms with Crippen LogP contribution in [0.1, 0.15) is 15.9 Å². The van der Waals surface area contributed by atoms with Gasteiger partial charge in [0.2, 0.25) is 0 Å². The highest BCUT2D eigenvalue weighted by Crippen LogP contribution is 2.31. The molecule has 0 amide bonds. The topological polar surface area (TPSA) is 44.1 Å². The molecule has 0 spiro atoms. The van der Waals surface area contributed by atoms with Crippen molar-refractivity contribution in [2.24, 2.45) is 0 Å². The van der Waals surface area contributed by atoms with E-state index < -0.39 is 17.7 Å². The molecule has 1 aromatic heterocycles. The molecule has 0 aliphatic carbocycles. The van der Waals surface area contributed by atoms with Crippen molar-refractivity contribution in [2.45, 2.75) is 6.18 Å². The summed E-state index contributed by atoms with van der Waals surface area (Å²) in [5.41, 5.74) is 0.604. The van der Waals surface area contributed by atoms with Crippen molar-refractivity contribution < 1.29 is 22.7 Å². The van der Waals surface area contributed by atoms with E-state index in [1.54, 1.807) is 18.2 Å². The van der Waals surface area contributed by atoms with Gasteiger partial charge < -0.3 is 4.74 Å². The highest BCUT2D eigenvalue weighted by Gasteiger charge is 2.30. The highest BCUT2D eigenvalue weighted by molar-refractivity contribution is 9.10. The maximum Gasteiger partial charge on any atom is 0.416 e. The molecule has 0 aliphatic rings. The van der Waals surface area contributed by atoms with Crippen LogP contribution in [0.4, 0.5) is 13.2 Å². The van der Waals surface area contributed by atoms with Gasteiger partial charge in [0.1, 0.15) is 4.60 Å². The molecule has 3 aromatic rings. The third-order valence-electron chi connectivity index (χ3n) is 3.50. The molecule has 24 heavy (non-hydrogen) atoms. The lowest BCUT2D eigenvalue weighted by molar-refractivity contribution is -0.137. The first-order valence-electron chi connectivity index (χ1n) is 6.75. The second-order valence-corrected chi connectivity index (χ2v) is 5.72. The van der Waals surface area contributed by atoms with Crippen molar-refractivity contribution >= 4 is 32.8 Å². The van der Waals surface area contributed by atoms with Crippen LogP contribution in [0.3, 0.4) is 0 Å². The Hall–Kier alpha value is -2.35. The molecule has 0 atom stereocenters. The fourth-order valence-corrected chi connectivity index (χ4v) is 2.80. The van der Waals surface area contributed by atoms with Crippen molar-refractivity contribution in [3.8, 4) is 5.69 Å². The summed E-state index contributed by atoms with van der Waals surface area (Å²) >= 11 is 3.31. The van der Waals surface area contributed by atoms with E-state index in [2.05, 4.69) is 25.8 Å². The third-order valence-corrected chi connectivity index (χ3v) is 4.08. The van der Waals surface area contributed by atoms with Gasteiger partial charge >= 0.3 is 12.1 Å². The molecule has 0 saturated heterocycles. The molecule has 2 aromatic carbocycles. The van der Waals surface area contributed by atoms with Crippen molar-refractivity contribution in [1.82, 2.24) is 9.78 Å². The number of alkyl halides is 3. The van der Waals surface area contributed by atoms with Gasteiger partial charge in [-0.05, 0) is 58.4 Å². The monoisotopic (exact) mass is 398 g/mol. The highest BCUT2D eigenvalue weighted by atomic mass is 79.9. The molecule has 1 heterocycles. The van der Waals surface area contributed by atoms with E-state index in [4.69, 9.17) is 0 Å². The third kappa shape index (κ3) is 2.89. The molecule has 0 N–H and O–H groups in total. The van der Waals surface area contributed by atoms with E-state index in [1.165, 1.54) is 23.9 Å². The van der Waals surface area contributed by atoms with Crippen LogP contribution in [0.15, 0.2) is 47.1 Å². The number of benzene rings is 2. The quantitative estimate of drug-likeness (QED) is 0.592. The number of halogens is 4. The number of methoxy groups -OCH3 is 1. The number of hydrogen-bond donors (Lipinski definition) is 0. The number of carbonyl (C=O) groups is 1. The summed E-state index contributed by atoms with van der Waals surface area (Å²) in [6, 6.07) is 9.49. The van der Waals surface area contributed by atoms with Gasteiger partial charge in [-0.3, -0.25) is 0 Å². The van der Waals surface area contributed by atoms with Crippen LogP contribution >= 0.6 is 15.9 Å². The number of carbonyl (C=O) groups excluding carboxylic acids is 1. The maximum absolute atomic E-state index is 12.7. The number of hydrogen-bond acceptors (Lipinski definition) is 3. The van der Waals surface area contributed by atoms with Crippen LogP contribution in [-0.2, 0) is 10.9 Å². The van der Waals surface area contributed by atoms with Gasteiger partial charge in [-0.15, -0.1) is 0 Å². The zero-order chi connectivity index (χ0) is 17.5. The number of nitrogens with zero attached hydrogens (tertiary/aromatic N) is 2. The van der Waals surface area contributed by atoms with Gasteiger partial charge in [-0.1, -0.05) is 0 Å². The van der Waals surface area contributed by atoms with Crippen LogP contribution < -0.4 is 0 Å². The molecule has 8 heteroatoms. The Bertz CT molecular complexity index is 917. The molecular weight excluding hydrogens is 389 g/mol. The van der Waals surface area contributed by atoms with Gasteiger partial charge in [0.15, 0.2) is 0 Å². The van der Waals surface area contributed by atoms with Gasteiger partial charge in [0.05, 0.1) is 29.4 Å². The summed E-state index contributed by atoms with van der Waals surface area (Å²) in [6.45, 7) is 0. The molecule has 3 rings (SSSR count). The smallest absolute Gasteiger partial charge is 0.416 e. The largest absolute Gasteiger partial charge is 0.465 e. The van der Waals surface area contributed by atoms with Crippen LogP contribution in [-0.4, -0.2) is 22.9 Å². The Balaban J connectivity index is 2.13. The van der Waals surface area contributed by atoms with Crippen LogP contribution in [0.25, 0.3) is 16.6 Å². The van der Waals surface area contributed by atoms with E-state index in [1.807, 2.05) is 0 Å². The van der Waals surface area contributed by atoms with Gasteiger partial charge in [0, 0.05) is 5.39 Å². The van der Waals surface area contributed by atoms with E-state index in [9.17, 15) is 18.0 Å². The normalized spacial score (nSPS) is 11.7. The summed E-state index contributed by atoms with van der Waals surface area (Å²) in [7, 11) is 1.27. The summed E-state index contributed by atoms with van der Waals surface area (Å²) in [5, 5.41) is 5.00. The first-order chi connectivity index (χ1) is 11.3. The molecule has 0 fully saturated rings. The minimum Gasteiger partial charge on any atom is -0.465 e. The standard InChI is InChI=1S/C16H10BrF3N2O2/c1-24-15(23)9-2-7-12-13(8-9)22(21-14(12)17)11-5-3-10(4-6-11)16(18,19)20/h2-8H,1H3. The molecule has 0 unspecified atom stereocenters. The van der Waals surface area contributed by atoms with Crippen molar-refractivity contribution in [1.29, 1.82) is 0 Å². The minimum absolute atomic E-state index is 0.325. The van der Waals surface area contributed by atoms with E-state index in [0.29, 0.717) is 21.4 Å². The van der Waals surface area contributed by atoms with E-state index in [0.717, 1.165) is 17.5 Å². The molecule has 124 valence electrons. The van der Waals surface area contributed by atoms with E-state index in [-0.39, 0.29) is 0 Å². The summed E-state index contributed by atoms with van der Waals surface area (Å²) in [6.07, 6.45) is -4.40. The molecule has 0 aliphatic heterocycles. The number of ether oxygens (including phenoxy) is 1. The van der Waals surface area contributed by atoms with E-state index >= 15 is 0 Å². The minimum atomic E-state index is -4.40. The first kappa shape index (κ1) is 16.5. The molecular formula is C16H10BrF3N2O2. The Morgan fingerprint density at radius 2 is 1.83 bits per heavy atom. The average Bonchev–Trinajstić information content (AvgIpc) is 2.90. The van der Waals surface area contributed by atoms with Crippen molar-refractivity contribution in [3.05, 3.63) is 58.2 Å². The summed E-state index contributed by atoms with van der Waals surface area (Å²) in [4.78, 5) is 11.7. The molecule has 4 nitrogen and oxygen atoms in total. The fourth-order valence-electron chi connectivity index (χ4n) is 2.31. The summed E-state index contributed by atoms with van der Waals surface area (Å²) in [5.74, 6) is -0.506. The maximum atomic E-state index is 12.7. The Morgan fingerprint density at radius 3 is 2.42 bits per heavy atom. The Kier molecular flexibility index (Phi) is 4.08. The number of aromatic nitrogens is 2. The van der Waals surface area contributed by atoms with Crippen molar-refractivity contribution in [3.63, 3.8) is 0 Å². The zero-order valence-electron chi connectivity index (χ0n) is 12.3.